The quantitative estimate of drug-likeness (QED) is 0.335. The van der Waals surface area contributed by atoms with Crippen LogP contribution in [0.3, 0.4) is 0 Å². The second kappa shape index (κ2) is 11.5. The minimum absolute atomic E-state index is 0.116. The highest BCUT2D eigenvalue weighted by molar-refractivity contribution is 7.89. The first kappa shape index (κ1) is 24.3. The van der Waals surface area contributed by atoms with Gasteiger partial charge in [-0.3, -0.25) is 10.1 Å². The lowest BCUT2D eigenvalue weighted by atomic mass is 10.1. The molecular formula is C25H25N3O3S2. The summed E-state index contributed by atoms with van der Waals surface area (Å²) in [7, 11) is -3.62. The molecule has 0 radical (unpaired) electrons. The fourth-order valence-corrected chi connectivity index (χ4v) is 4.19. The Kier molecular flexibility index (Phi) is 8.48. The van der Waals surface area contributed by atoms with Gasteiger partial charge < -0.3 is 5.32 Å². The molecule has 0 unspecified atom stereocenters. The number of carbonyl (C=O) groups is 1. The van der Waals surface area contributed by atoms with E-state index in [2.05, 4.69) is 15.4 Å². The van der Waals surface area contributed by atoms with Crippen LogP contribution in [0.2, 0.25) is 0 Å². The molecule has 8 heteroatoms. The van der Waals surface area contributed by atoms with Crippen molar-refractivity contribution in [3.05, 3.63) is 102 Å². The zero-order chi connectivity index (χ0) is 23.7. The SMILES string of the molecule is Cc1ccc(/C=C/C(=O)NC(=S)Nc2ccc(S(=O)(=O)NCCc3ccccc3)cc2)cc1. The van der Waals surface area contributed by atoms with Gasteiger partial charge in [-0.2, -0.15) is 0 Å². The van der Waals surface area contributed by atoms with Crippen molar-refractivity contribution in [2.24, 2.45) is 0 Å². The van der Waals surface area contributed by atoms with Gasteiger partial charge in [0.15, 0.2) is 5.11 Å². The number of hydrogen-bond acceptors (Lipinski definition) is 4. The predicted molar refractivity (Wildman–Crippen MR) is 136 cm³/mol. The summed E-state index contributed by atoms with van der Waals surface area (Å²) in [5.74, 6) is -0.366. The maximum absolute atomic E-state index is 12.5. The van der Waals surface area contributed by atoms with E-state index in [1.807, 2.05) is 61.5 Å². The standard InChI is InChI=1S/C25H25N3O3S2/c1-19-7-9-21(10-8-19)11-16-24(29)28-25(32)27-22-12-14-23(15-13-22)33(30,31)26-18-17-20-5-3-2-4-6-20/h2-16,26H,17-18H2,1H3,(H2,27,28,29,32)/b16-11+. The van der Waals surface area contributed by atoms with Crippen LogP contribution in [-0.4, -0.2) is 26.0 Å². The lowest BCUT2D eigenvalue weighted by Crippen LogP contribution is -2.32. The minimum atomic E-state index is -3.62. The summed E-state index contributed by atoms with van der Waals surface area (Å²) in [6.45, 7) is 2.30. The van der Waals surface area contributed by atoms with Crippen LogP contribution in [0.25, 0.3) is 6.08 Å². The van der Waals surface area contributed by atoms with E-state index in [-0.39, 0.29) is 15.9 Å². The van der Waals surface area contributed by atoms with Crippen molar-refractivity contribution >= 4 is 45.0 Å². The van der Waals surface area contributed by atoms with Crippen molar-refractivity contribution in [1.29, 1.82) is 0 Å². The molecule has 0 aliphatic rings. The maximum atomic E-state index is 12.5. The summed E-state index contributed by atoms with van der Waals surface area (Å²) in [6.07, 6.45) is 3.70. The third kappa shape index (κ3) is 7.94. The van der Waals surface area contributed by atoms with Crippen molar-refractivity contribution < 1.29 is 13.2 Å². The number of anilines is 1. The highest BCUT2D eigenvalue weighted by Gasteiger charge is 2.13. The van der Waals surface area contributed by atoms with Gasteiger partial charge >= 0.3 is 0 Å². The second-order valence-corrected chi connectivity index (χ2v) is 9.52. The third-order valence-electron chi connectivity index (χ3n) is 4.71. The molecule has 3 rings (SSSR count). The Hall–Kier alpha value is -3.33. The molecule has 0 aromatic heterocycles. The Labute approximate surface area is 199 Å². The van der Waals surface area contributed by atoms with E-state index in [1.54, 1.807) is 18.2 Å². The van der Waals surface area contributed by atoms with Gasteiger partial charge in [-0.05, 0) is 67.0 Å². The summed E-state index contributed by atoms with van der Waals surface area (Å²) < 4.78 is 27.6. The summed E-state index contributed by atoms with van der Waals surface area (Å²) in [4.78, 5) is 12.2. The van der Waals surface area contributed by atoms with Crippen LogP contribution in [0.4, 0.5) is 5.69 Å². The van der Waals surface area contributed by atoms with Crippen molar-refractivity contribution in [3.63, 3.8) is 0 Å². The maximum Gasteiger partial charge on any atom is 0.250 e. The zero-order valence-electron chi connectivity index (χ0n) is 18.1. The monoisotopic (exact) mass is 479 g/mol. The number of amides is 1. The molecule has 33 heavy (non-hydrogen) atoms. The van der Waals surface area contributed by atoms with Gasteiger partial charge in [-0.1, -0.05) is 60.2 Å². The van der Waals surface area contributed by atoms with Gasteiger partial charge in [-0.15, -0.1) is 0 Å². The highest BCUT2D eigenvalue weighted by Crippen LogP contribution is 2.14. The number of hydrogen-bond donors (Lipinski definition) is 3. The first-order valence-corrected chi connectivity index (χ1v) is 12.2. The van der Waals surface area contributed by atoms with Crippen LogP contribution in [0.1, 0.15) is 16.7 Å². The molecule has 170 valence electrons. The number of aryl methyl sites for hydroxylation is 1. The van der Waals surface area contributed by atoms with Crippen molar-refractivity contribution in [3.8, 4) is 0 Å². The molecule has 0 spiro atoms. The van der Waals surface area contributed by atoms with Crippen LogP contribution in [-0.2, 0) is 21.2 Å². The van der Waals surface area contributed by atoms with E-state index in [1.165, 1.54) is 18.2 Å². The topological polar surface area (TPSA) is 87.3 Å². The molecule has 0 fully saturated rings. The molecule has 3 N–H and O–H groups in total. The number of thiocarbonyl (C=S) groups is 1. The van der Waals surface area contributed by atoms with E-state index in [0.717, 1.165) is 16.7 Å². The molecule has 3 aromatic carbocycles. The molecule has 3 aromatic rings. The lowest BCUT2D eigenvalue weighted by molar-refractivity contribution is -0.115. The normalized spacial score (nSPS) is 11.3. The molecule has 0 bridgehead atoms. The molecule has 0 heterocycles. The number of benzene rings is 3. The number of sulfonamides is 1. The molecular weight excluding hydrogens is 454 g/mol. The van der Waals surface area contributed by atoms with Gasteiger partial charge in [0.05, 0.1) is 4.90 Å². The van der Waals surface area contributed by atoms with Gasteiger partial charge in [0, 0.05) is 18.3 Å². The van der Waals surface area contributed by atoms with Crippen LogP contribution < -0.4 is 15.4 Å². The first-order chi connectivity index (χ1) is 15.8. The second-order valence-electron chi connectivity index (χ2n) is 7.35. The third-order valence-corrected chi connectivity index (χ3v) is 6.39. The van der Waals surface area contributed by atoms with Crippen molar-refractivity contribution in [1.82, 2.24) is 10.0 Å². The summed E-state index contributed by atoms with van der Waals surface area (Å²) in [6, 6.07) is 23.6. The fraction of sp³-hybridized carbons (Fsp3) is 0.120. The smallest absolute Gasteiger partial charge is 0.250 e. The van der Waals surface area contributed by atoms with Crippen molar-refractivity contribution in [2.75, 3.05) is 11.9 Å². The summed E-state index contributed by atoms with van der Waals surface area (Å²) >= 11 is 5.16. The van der Waals surface area contributed by atoms with E-state index < -0.39 is 10.0 Å². The highest BCUT2D eigenvalue weighted by atomic mass is 32.2. The average Bonchev–Trinajstić information content (AvgIpc) is 2.79. The van der Waals surface area contributed by atoms with E-state index in [9.17, 15) is 13.2 Å². The fourth-order valence-electron chi connectivity index (χ4n) is 2.94. The van der Waals surface area contributed by atoms with E-state index >= 15 is 0 Å². The van der Waals surface area contributed by atoms with Gasteiger partial charge in [0.2, 0.25) is 15.9 Å². The number of rotatable bonds is 8. The molecule has 0 atom stereocenters. The van der Waals surface area contributed by atoms with Crippen LogP contribution in [0.5, 0.6) is 0 Å². The van der Waals surface area contributed by atoms with E-state index in [4.69, 9.17) is 12.2 Å². The van der Waals surface area contributed by atoms with Crippen LogP contribution >= 0.6 is 12.2 Å². The van der Waals surface area contributed by atoms with Crippen LogP contribution in [0, 0.1) is 6.92 Å². The Bertz CT molecular complexity index is 1220. The average molecular weight is 480 g/mol. The predicted octanol–water partition coefficient (Wildman–Crippen LogP) is 4.04. The van der Waals surface area contributed by atoms with Crippen molar-refractivity contribution in [2.45, 2.75) is 18.2 Å². The summed E-state index contributed by atoms with van der Waals surface area (Å²) in [5.41, 5.74) is 3.67. The Morgan fingerprint density at radius 1 is 0.939 bits per heavy atom. The Balaban J connectivity index is 1.49. The minimum Gasteiger partial charge on any atom is -0.332 e. The molecule has 0 aliphatic carbocycles. The van der Waals surface area contributed by atoms with Crippen LogP contribution in [0.15, 0.2) is 89.8 Å². The first-order valence-electron chi connectivity index (χ1n) is 10.3. The number of carbonyl (C=O) groups excluding carboxylic acids is 1. The van der Waals surface area contributed by atoms with E-state index in [0.29, 0.717) is 18.7 Å². The summed E-state index contributed by atoms with van der Waals surface area (Å²) in [5, 5.41) is 5.55. The molecule has 0 saturated heterocycles. The molecule has 1 amide bonds. The van der Waals surface area contributed by atoms with Gasteiger partial charge in [0.1, 0.15) is 0 Å². The van der Waals surface area contributed by atoms with Gasteiger partial charge in [0.25, 0.3) is 0 Å². The zero-order valence-corrected chi connectivity index (χ0v) is 19.7. The largest absolute Gasteiger partial charge is 0.332 e. The number of nitrogens with one attached hydrogen (secondary N) is 3. The molecule has 6 nitrogen and oxygen atoms in total. The Morgan fingerprint density at radius 3 is 2.27 bits per heavy atom. The molecule has 0 saturated carbocycles. The lowest BCUT2D eigenvalue weighted by Gasteiger charge is -2.10. The van der Waals surface area contributed by atoms with Gasteiger partial charge in [-0.25, -0.2) is 13.1 Å². The molecule has 0 aliphatic heterocycles. The Morgan fingerprint density at radius 2 is 1.61 bits per heavy atom.